The monoisotopic (exact) mass is 288 g/mol. The molecule has 0 bridgehead atoms. The minimum Gasteiger partial charge on any atom is -0.494 e. The summed E-state index contributed by atoms with van der Waals surface area (Å²) in [5, 5.41) is 3.80. The molecule has 3 atom stereocenters. The van der Waals surface area contributed by atoms with E-state index in [2.05, 4.69) is 15.5 Å². The minimum absolute atomic E-state index is 0.0822. The van der Waals surface area contributed by atoms with Crippen LogP contribution in [0.5, 0.6) is 0 Å². The van der Waals surface area contributed by atoms with Gasteiger partial charge in [-0.3, -0.25) is 4.84 Å². The van der Waals surface area contributed by atoms with Crippen LogP contribution in [-0.4, -0.2) is 18.7 Å². The van der Waals surface area contributed by atoms with Crippen LogP contribution in [0.2, 0.25) is 0 Å². The second kappa shape index (κ2) is 7.69. The van der Waals surface area contributed by atoms with E-state index in [4.69, 9.17) is 15.1 Å². The van der Waals surface area contributed by atoms with Gasteiger partial charge in [-0.2, -0.15) is 5.48 Å². The molecule has 1 aromatic rings. The van der Waals surface area contributed by atoms with Crippen LogP contribution in [0.25, 0.3) is 10.4 Å². The number of hydroxylamine groups is 1. The molecule has 0 aromatic heterocycles. The number of benzene rings is 1. The molecular weight excluding hydrogens is 268 g/mol. The van der Waals surface area contributed by atoms with Gasteiger partial charge in [0.25, 0.3) is 0 Å². The van der Waals surface area contributed by atoms with Gasteiger partial charge in [0, 0.05) is 10.8 Å². The zero-order chi connectivity index (χ0) is 15.1. The van der Waals surface area contributed by atoms with Crippen LogP contribution in [0, 0.1) is 5.92 Å². The molecule has 1 aromatic carbocycles. The molecule has 1 aliphatic rings. The van der Waals surface area contributed by atoms with Gasteiger partial charge in [-0.15, -0.1) is 0 Å². The van der Waals surface area contributed by atoms with Crippen LogP contribution < -0.4 is 5.48 Å². The summed E-state index contributed by atoms with van der Waals surface area (Å²) < 4.78 is 5.76. The normalized spacial score (nSPS) is 24.7. The highest BCUT2D eigenvalue weighted by Gasteiger charge is 2.29. The largest absolute Gasteiger partial charge is 0.494 e. The average Bonchev–Trinajstić information content (AvgIpc) is 2.49. The SMILES string of the molecule is CC1=C[C@@H](N=[N+]=[N-])[C@@H](C)C(CNOCc2ccccc2)O1. The number of rotatable bonds is 6. The van der Waals surface area contributed by atoms with Crippen molar-refractivity contribution in [3.63, 3.8) is 0 Å². The van der Waals surface area contributed by atoms with E-state index in [0.717, 1.165) is 11.3 Å². The summed E-state index contributed by atoms with van der Waals surface area (Å²) in [7, 11) is 0. The number of azide groups is 1. The van der Waals surface area contributed by atoms with Crippen LogP contribution in [0.3, 0.4) is 0 Å². The summed E-state index contributed by atoms with van der Waals surface area (Å²) in [6.45, 7) is 4.91. The zero-order valence-corrected chi connectivity index (χ0v) is 12.3. The third kappa shape index (κ3) is 4.49. The maximum Gasteiger partial charge on any atom is 0.116 e. The highest BCUT2D eigenvalue weighted by atomic mass is 16.6. The van der Waals surface area contributed by atoms with E-state index in [1.54, 1.807) is 0 Å². The molecule has 1 N–H and O–H groups in total. The van der Waals surface area contributed by atoms with Gasteiger partial charge >= 0.3 is 0 Å². The molecule has 0 spiro atoms. The molecule has 0 fully saturated rings. The zero-order valence-electron chi connectivity index (χ0n) is 12.3. The van der Waals surface area contributed by atoms with Crippen molar-refractivity contribution in [3.8, 4) is 0 Å². The van der Waals surface area contributed by atoms with E-state index in [1.807, 2.05) is 50.3 Å². The smallest absolute Gasteiger partial charge is 0.116 e. The maximum absolute atomic E-state index is 8.60. The Morgan fingerprint density at radius 3 is 2.86 bits per heavy atom. The summed E-state index contributed by atoms with van der Waals surface area (Å²) in [5.74, 6) is 0.873. The highest BCUT2D eigenvalue weighted by Crippen LogP contribution is 2.25. The molecule has 0 radical (unpaired) electrons. The molecule has 6 heteroatoms. The standard InChI is InChI=1S/C15H20N4O2/c1-11-8-14(18-19-16)12(2)15(21-11)9-17-20-10-13-6-4-3-5-7-13/h3-8,12,14-15,17H,9-10H2,1-2H3/t12-,14-,15?/m1/s1. The first-order valence-electron chi connectivity index (χ1n) is 6.98. The number of hydrogen-bond donors (Lipinski definition) is 1. The van der Waals surface area contributed by atoms with Gasteiger partial charge in [0.15, 0.2) is 0 Å². The van der Waals surface area contributed by atoms with Gasteiger partial charge in [-0.1, -0.05) is 42.4 Å². The fraction of sp³-hybridized carbons (Fsp3) is 0.467. The molecule has 1 heterocycles. The van der Waals surface area contributed by atoms with Crippen molar-refractivity contribution in [2.45, 2.75) is 32.6 Å². The van der Waals surface area contributed by atoms with Crippen LogP contribution in [0.15, 0.2) is 47.3 Å². The summed E-state index contributed by atoms with van der Waals surface area (Å²) in [6, 6.07) is 9.76. The summed E-state index contributed by atoms with van der Waals surface area (Å²) in [4.78, 5) is 8.34. The van der Waals surface area contributed by atoms with Gasteiger partial charge < -0.3 is 4.74 Å². The summed E-state index contributed by atoms with van der Waals surface area (Å²) in [5.41, 5.74) is 12.6. The molecule has 1 aliphatic heterocycles. The third-order valence-corrected chi connectivity index (χ3v) is 3.52. The number of hydrogen-bond acceptors (Lipinski definition) is 4. The van der Waals surface area contributed by atoms with E-state index in [9.17, 15) is 0 Å². The van der Waals surface area contributed by atoms with E-state index >= 15 is 0 Å². The molecule has 1 unspecified atom stereocenters. The first-order valence-corrected chi connectivity index (χ1v) is 6.98. The number of allylic oxidation sites excluding steroid dienone is 1. The molecule has 0 saturated heterocycles. The van der Waals surface area contributed by atoms with Crippen molar-refractivity contribution in [1.82, 2.24) is 5.48 Å². The van der Waals surface area contributed by atoms with Crippen molar-refractivity contribution >= 4 is 0 Å². The quantitative estimate of drug-likeness (QED) is 0.287. The van der Waals surface area contributed by atoms with Gasteiger partial charge in [0.1, 0.15) is 6.10 Å². The Morgan fingerprint density at radius 2 is 2.14 bits per heavy atom. The second-order valence-electron chi connectivity index (χ2n) is 5.11. The molecule has 0 saturated carbocycles. The number of nitrogens with zero attached hydrogens (tertiary/aromatic N) is 3. The van der Waals surface area contributed by atoms with Crippen molar-refractivity contribution in [2.24, 2.45) is 11.0 Å². The highest BCUT2D eigenvalue weighted by molar-refractivity contribution is 5.13. The lowest BCUT2D eigenvalue weighted by atomic mass is 9.93. The predicted octanol–water partition coefficient (Wildman–Crippen LogP) is 3.33. The van der Waals surface area contributed by atoms with Crippen LogP contribution >= 0.6 is 0 Å². The van der Waals surface area contributed by atoms with Gasteiger partial charge in [0.05, 0.1) is 25.0 Å². The minimum atomic E-state index is -0.176. The lowest BCUT2D eigenvalue weighted by Crippen LogP contribution is -2.40. The second-order valence-corrected chi connectivity index (χ2v) is 5.11. The van der Waals surface area contributed by atoms with Crippen molar-refractivity contribution in [1.29, 1.82) is 0 Å². The molecule has 21 heavy (non-hydrogen) atoms. The lowest BCUT2D eigenvalue weighted by Gasteiger charge is -2.32. The van der Waals surface area contributed by atoms with Crippen molar-refractivity contribution in [3.05, 3.63) is 58.2 Å². The number of ether oxygens (including phenoxy) is 1. The first-order chi connectivity index (χ1) is 10.2. The first kappa shape index (κ1) is 15.4. The topological polar surface area (TPSA) is 79.3 Å². The Balaban J connectivity index is 1.80. The van der Waals surface area contributed by atoms with E-state index in [1.165, 1.54) is 0 Å². The van der Waals surface area contributed by atoms with Crippen molar-refractivity contribution in [2.75, 3.05) is 6.54 Å². The van der Waals surface area contributed by atoms with E-state index in [0.29, 0.717) is 13.2 Å². The lowest BCUT2D eigenvalue weighted by molar-refractivity contribution is -0.0249. The van der Waals surface area contributed by atoms with Crippen LogP contribution in [0.4, 0.5) is 0 Å². The summed E-state index contributed by atoms with van der Waals surface area (Å²) >= 11 is 0. The maximum atomic E-state index is 8.60. The van der Waals surface area contributed by atoms with Gasteiger partial charge in [0.2, 0.25) is 0 Å². The molecule has 0 aliphatic carbocycles. The van der Waals surface area contributed by atoms with Crippen LogP contribution in [-0.2, 0) is 16.2 Å². The molecule has 112 valence electrons. The number of nitrogens with one attached hydrogen (secondary N) is 1. The molecular formula is C15H20N4O2. The molecule has 0 amide bonds. The van der Waals surface area contributed by atoms with E-state index < -0.39 is 0 Å². The Bertz CT molecular complexity index is 526. The third-order valence-electron chi connectivity index (χ3n) is 3.52. The van der Waals surface area contributed by atoms with Crippen molar-refractivity contribution < 1.29 is 9.57 Å². The fourth-order valence-corrected chi connectivity index (χ4v) is 2.27. The molecule has 6 nitrogen and oxygen atoms in total. The Labute approximate surface area is 124 Å². The van der Waals surface area contributed by atoms with Gasteiger partial charge in [-0.05, 0) is 24.1 Å². The Morgan fingerprint density at radius 1 is 1.38 bits per heavy atom. The Hall–Kier alpha value is -2.01. The average molecular weight is 288 g/mol. The fourth-order valence-electron chi connectivity index (χ4n) is 2.27. The molecule has 2 rings (SSSR count). The Kier molecular flexibility index (Phi) is 5.63. The van der Waals surface area contributed by atoms with Crippen LogP contribution in [0.1, 0.15) is 19.4 Å². The predicted molar refractivity (Wildman–Crippen MR) is 80.0 cm³/mol. The summed E-state index contributed by atoms with van der Waals surface area (Å²) in [6.07, 6.45) is 1.77. The van der Waals surface area contributed by atoms with E-state index in [-0.39, 0.29) is 18.1 Å². The van der Waals surface area contributed by atoms with Gasteiger partial charge in [-0.25, -0.2) is 0 Å².